The number of carbonyl (C=O) groups excluding carboxylic acids is 2. The van der Waals surface area contributed by atoms with Gasteiger partial charge in [0.2, 0.25) is 0 Å². The van der Waals surface area contributed by atoms with Crippen molar-refractivity contribution in [2.75, 3.05) is 14.2 Å². The maximum Gasteiger partial charge on any atom is 0.268 e. The van der Waals surface area contributed by atoms with Crippen LogP contribution < -0.4 is 9.47 Å². The summed E-state index contributed by atoms with van der Waals surface area (Å²) in [6.45, 7) is 3.68. The molecule has 2 aromatic rings. The van der Waals surface area contributed by atoms with E-state index in [1.54, 1.807) is 32.4 Å². The summed E-state index contributed by atoms with van der Waals surface area (Å²) in [7, 11) is 3.10. The Morgan fingerprint density at radius 2 is 1.61 bits per heavy atom. The minimum atomic E-state index is -0.275. The second-order valence-electron chi connectivity index (χ2n) is 6.62. The molecular weight excluding hydrogens is 374 g/mol. The zero-order chi connectivity index (χ0) is 20.3. The first kappa shape index (κ1) is 20.0. The largest absolute Gasteiger partial charge is 0.493 e. The molecule has 3 rings (SSSR count). The molecule has 0 aromatic heterocycles. The number of hydrogen-bond acceptors (Lipinski definition) is 5. The fourth-order valence-corrected chi connectivity index (χ4v) is 4.18. The minimum Gasteiger partial charge on any atom is -0.493 e. The van der Waals surface area contributed by atoms with Crippen molar-refractivity contribution in [1.29, 1.82) is 0 Å². The monoisotopic (exact) mass is 397 g/mol. The molecule has 2 amide bonds. The zero-order valence-electron chi connectivity index (χ0n) is 16.4. The quantitative estimate of drug-likeness (QED) is 0.658. The molecule has 1 heterocycles. The Morgan fingerprint density at radius 3 is 2.21 bits per heavy atom. The Hall–Kier alpha value is -2.73. The molecule has 0 N–H and O–H groups in total. The van der Waals surface area contributed by atoms with Gasteiger partial charge in [0.25, 0.3) is 11.8 Å². The van der Waals surface area contributed by atoms with E-state index in [1.807, 2.05) is 44.2 Å². The molecule has 0 saturated heterocycles. The number of methoxy groups -OCH3 is 2. The number of hydrogen-bond donors (Lipinski definition) is 0. The fourth-order valence-electron chi connectivity index (χ4n) is 3.11. The summed E-state index contributed by atoms with van der Waals surface area (Å²) >= 11 is 1.39. The highest BCUT2D eigenvalue weighted by Gasteiger charge is 2.40. The topological polar surface area (TPSA) is 55.8 Å². The Labute approximate surface area is 169 Å². The molecule has 146 valence electrons. The average Bonchev–Trinajstić information content (AvgIpc) is 2.96. The summed E-state index contributed by atoms with van der Waals surface area (Å²) in [6, 6.07) is 14.9. The highest BCUT2D eigenvalue weighted by Crippen LogP contribution is 2.40. The Balaban J connectivity index is 2.04. The number of thioether (sulfide) groups is 1. The van der Waals surface area contributed by atoms with Gasteiger partial charge < -0.3 is 9.47 Å². The van der Waals surface area contributed by atoms with E-state index >= 15 is 0 Å². The lowest BCUT2D eigenvalue weighted by Crippen LogP contribution is -2.37. The third-order valence-electron chi connectivity index (χ3n) is 4.49. The number of ether oxygens (including phenoxy) is 2. The standard InChI is InChI=1S/C22H23NO4S/c1-14(2)23-21(24)19(16-10-11-17(26-3)18(12-16)27-4)20(22(23)25)28-13-15-8-6-5-7-9-15/h5-12,14H,13H2,1-4H3. The first-order valence-corrected chi connectivity index (χ1v) is 9.97. The van der Waals surface area contributed by atoms with Gasteiger partial charge in [0.05, 0.1) is 24.7 Å². The smallest absolute Gasteiger partial charge is 0.268 e. The van der Waals surface area contributed by atoms with E-state index in [0.29, 0.717) is 33.3 Å². The predicted molar refractivity (Wildman–Crippen MR) is 111 cm³/mol. The van der Waals surface area contributed by atoms with Crippen LogP contribution in [0, 0.1) is 0 Å². The van der Waals surface area contributed by atoms with Crippen LogP contribution in [0.25, 0.3) is 5.57 Å². The van der Waals surface area contributed by atoms with Gasteiger partial charge in [-0.3, -0.25) is 14.5 Å². The van der Waals surface area contributed by atoms with Crippen LogP contribution in [0.1, 0.15) is 25.0 Å². The van der Waals surface area contributed by atoms with Gasteiger partial charge in [-0.25, -0.2) is 0 Å². The fraction of sp³-hybridized carbons (Fsp3) is 0.273. The SMILES string of the molecule is COc1ccc(C2=C(SCc3ccccc3)C(=O)N(C(C)C)C2=O)cc1OC. The second-order valence-corrected chi connectivity index (χ2v) is 7.61. The normalized spacial score (nSPS) is 14.2. The molecule has 6 heteroatoms. The summed E-state index contributed by atoms with van der Waals surface area (Å²) in [4.78, 5) is 27.9. The lowest BCUT2D eigenvalue weighted by molar-refractivity contribution is -0.138. The highest BCUT2D eigenvalue weighted by molar-refractivity contribution is 8.03. The maximum absolute atomic E-state index is 13.1. The van der Waals surface area contributed by atoms with Crippen LogP contribution in [-0.4, -0.2) is 37.0 Å². The Bertz CT molecular complexity index is 921. The molecule has 0 saturated carbocycles. The number of benzene rings is 2. The van der Waals surface area contributed by atoms with Gasteiger partial charge >= 0.3 is 0 Å². The van der Waals surface area contributed by atoms with Gasteiger partial charge in [0.15, 0.2) is 11.5 Å². The van der Waals surface area contributed by atoms with Crippen molar-refractivity contribution in [2.24, 2.45) is 0 Å². The molecule has 0 radical (unpaired) electrons. The summed E-state index contributed by atoms with van der Waals surface area (Å²) in [5.74, 6) is 1.18. The number of nitrogens with zero attached hydrogens (tertiary/aromatic N) is 1. The third-order valence-corrected chi connectivity index (χ3v) is 5.63. The third kappa shape index (κ3) is 3.78. The molecule has 1 aliphatic heterocycles. The molecule has 2 aromatic carbocycles. The molecule has 0 spiro atoms. The van der Waals surface area contributed by atoms with E-state index in [0.717, 1.165) is 5.56 Å². The van der Waals surface area contributed by atoms with Gasteiger partial charge in [0.1, 0.15) is 0 Å². The van der Waals surface area contributed by atoms with E-state index in [2.05, 4.69) is 0 Å². The predicted octanol–water partition coefficient (Wildman–Crippen LogP) is 4.13. The molecule has 28 heavy (non-hydrogen) atoms. The van der Waals surface area contributed by atoms with E-state index < -0.39 is 0 Å². The molecule has 0 unspecified atom stereocenters. The Morgan fingerprint density at radius 1 is 0.929 bits per heavy atom. The number of carbonyl (C=O) groups is 2. The van der Waals surface area contributed by atoms with Crippen LogP contribution in [0.3, 0.4) is 0 Å². The van der Waals surface area contributed by atoms with Crippen molar-refractivity contribution in [3.05, 3.63) is 64.6 Å². The van der Waals surface area contributed by atoms with Crippen molar-refractivity contribution >= 4 is 29.1 Å². The van der Waals surface area contributed by atoms with Crippen molar-refractivity contribution in [1.82, 2.24) is 4.90 Å². The molecule has 5 nitrogen and oxygen atoms in total. The van der Waals surface area contributed by atoms with Gasteiger partial charge in [-0.15, -0.1) is 11.8 Å². The molecule has 0 fully saturated rings. The summed E-state index contributed by atoms with van der Waals surface area (Å²) in [5.41, 5.74) is 2.16. The van der Waals surface area contributed by atoms with Crippen LogP contribution in [0.5, 0.6) is 11.5 Å². The minimum absolute atomic E-state index is 0.218. The molecular formula is C22H23NO4S. The van der Waals surface area contributed by atoms with Crippen LogP contribution in [0.4, 0.5) is 0 Å². The van der Waals surface area contributed by atoms with Crippen molar-refractivity contribution in [3.63, 3.8) is 0 Å². The number of imide groups is 1. The molecule has 0 atom stereocenters. The van der Waals surface area contributed by atoms with Gasteiger partial charge in [0, 0.05) is 11.8 Å². The van der Waals surface area contributed by atoms with E-state index in [9.17, 15) is 9.59 Å². The summed E-state index contributed by atoms with van der Waals surface area (Å²) in [6.07, 6.45) is 0. The summed E-state index contributed by atoms with van der Waals surface area (Å²) in [5, 5.41) is 0. The number of amides is 2. The van der Waals surface area contributed by atoms with E-state index in [4.69, 9.17) is 9.47 Å². The van der Waals surface area contributed by atoms with Crippen molar-refractivity contribution < 1.29 is 19.1 Å². The first-order chi connectivity index (χ1) is 13.5. The Kier molecular flexibility index (Phi) is 6.09. The van der Waals surface area contributed by atoms with Gasteiger partial charge in [-0.1, -0.05) is 36.4 Å². The second kappa shape index (κ2) is 8.52. The van der Waals surface area contributed by atoms with Crippen LogP contribution >= 0.6 is 11.8 Å². The first-order valence-electron chi connectivity index (χ1n) is 8.99. The lowest BCUT2D eigenvalue weighted by atomic mass is 10.1. The maximum atomic E-state index is 13.1. The van der Waals surface area contributed by atoms with Crippen molar-refractivity contribution in [3.8, 4) is 11.5 Å². The van der Waals surface area contributed by atoms with Gasteiger partial charge in [-0.05, 0) is 37.1 Å². The molecule has 1 aliphatic rings. The summed E-state index contributed by atoms with van der Waals surface area (Å²) < 4.78 is 10.7. The highest BCUT2D eigenvalue weighted by atomic mass is 32.2. The van der Waals surface area contributed by atoms with Crippen molar-refractivity contribution in [2.45, 2.75) is 25.6 Å². The lowest BCUT2D eigenvalue weighted by Gasteiger charge is -2.19. The molecule has 0 aliphatic carbocycles. The van der Waals surface area contributed by atoms with Crippen LogP contribution in [-0.2, 0) is 15.3 Å². The van der Waals surface area contributed by atoms with Crippen LogP contribution in [0.15, 0.2) is 53.4 Å². The van der Waals surface area contributed by atoms with E-state index in [-0.39, 0.29) is 17.9 Å². The molecule has 0 bridgehead atoms. The van der Waals surface area contributed by atoms with E-state index in [1.165, 1.54) is 16.7 Å². The number of rotatable bonds is 7. The van der Waals surface area contributed by atoms with Crippen LogP contribution in [0.2, 0.25) is 0 Å². The zero-order valence-corrected chi connectivity index (χ0v) is 17.2. The average molecular weight is 397 g/mol. The van der Waals surface area contributed by atoms with Gasteiger partial charge in [-0.2, -0.15) is 0 Å².